The van der Waals surface area contributed by atoms with Gasteiger partial charge >= 0.3 is 0 Å². The van der Waals surface area contributed by atoms with E-state index in [1.165, 1.54) is 0 Å². The number of halogens is 1. The molecule has 0 fully saturated rings. The first kappa shape index (κ1) is 16.8. The number of aliphatic hydroxyl groups excluding tert-OH is 1. The smallest absolute Gasteiger partial charge is 0.155 e. The van der Waals surface area contributed by atoms with Crippen molar-refractivity contribution in [2.75, 3.05) is 0 Å². The van der Waals surface area contributed by atoms with Crippen LogP contribution in [0.25, 0.3) is 0 Å². The maximum atomic E-state index is 9.14. The number of rotatable bonds is 6. The number of aliphatic hydroxyl groups is 2. The standard InChI is InChI=1S/C13H21ClNO3P/c1-7-3-4-9(5-10(7)14)12(18-19)6-11(15)8(2)13(16)17/h3-5,8,11-13,16-17H,6,15,19H2,1-2H3. The Morgan fingerprint density at radius 1 is 1.42 bits per heavy atom. The molecule has 0 aliphatic rings. The second kappa shape index (κ2) is 7.53. The van der Waals surface area contributed by atoms with Gasteiger partial charge in [0.1, 0.15) is 0 Å². The minimum Gasteiger partial charge on any atom is -0.368 e. The molecular formula is C13H21ClNO3P. The Labute approximate surface area is 121 Å². The largest absolute Gasteiger partial charge is 0.368 e. The van der Waals surface area contributed by atoms with Crippen LogP contribution in [0.15, 0.2) is 18.2 Å². The Kier molecular flexibility index (Phi) is 6.67. The second-order valence-electron chi connectivity index (χ2n) is 4.81. The van der Waals surface area contributed by atoms with E-state index in [2.05, 4.69) is 9.47 Å². The third kappa shape index (κ3) is 4.67. The maximum Gasteiger partial charge on any atom is 0.155 e. The van der Waals surface area contributed by atoms with Crippen molar-refractivity contribution in [3.8, 4) is 0 Å². The van der Waals surface area contributed by atoms with Crippen molar-refractivity contribution in [3.05, 3.63) is 34.3 Å². The third-order valence-electron chi connectivity index (χ3n) is 3.36. The van der Waals surface area contributed by atoms with Gasteiger partial charge in [-0.05, 0) is 30.5 Å². The van der Waals surface area contributed by atoms with Gasteiger partial charge in [-0.25, -0.2) is 0 Å². The Balaban J connectivity index is 2.80. The zero-order valence-corrected chi connectivity index (χ0v) is 13.0. The Morgan fingerprint density at radius 3 is 2.53 bits per heavy atom. The number of aryl methyl sites for hydroxylation is 1. The van der Waals surface area contributed by atoms with Crippen LogP contribution < -0.4 is 5.73 Å². The fourth-order valence-corrected chi connectivity index (χ4v) is 2.22. The molecule has 19 heavy (non-hydrogen) atoms. The molecule has 0 spiro atoms. The van der Waals surface area contributed by atoms with Crippen molar-refractivity contribution in [3.63, 3.8) is 0 Å². The predicted octanol–water partition coefficient (Wildman–Crippen LogP) is 2.16. The van der Waals surface area contributed by atoms with E-state index in [0.29, 0.717) is 11.4 Å². The van der Waals surface area contributed by atoms with Gasteiger partial charge in [-0.15, -0.1) is 0 Å². The fraction of sp³-hybridized carbons (Fsp3) is 0.538. The molecule has 0 aliphatic carbocycles. The van der Waals surface area contributed by atoms with E-state index in [1.54, 1.807) is 6.92 Å². The highest BCUT2D eigenvalue weighted by Gasteiger charge is 2.24. The van der Waals surface area contributed by atoms with Crippen LogP contribution in [0.1, 0.15) is 30.6 Å². The minimum absolute atomic E-state index is 0.251. The van der Waals surface area contributed by atoms with Gasteiger partial charge in [0.25, 0.3) is 0 Å². The van der Waals surface area contributed by atoms with Crippen LogP contribution in [0.3, 0.4) is 0 Å². The van der Waals surface area contributed by atoms with E-state index in [9.17, 15) is 0 Å². The van der Waals surface area contributed by atoms with E-state index in [1.807, 2.05) is 25.1 Å². The summed E-state index contributed by atoms with van der Waals surface area (Å²) in [5, 5.41) is 18.9. The van der Waals surface area contributed by atoms with Crippen molar-refractivity contribution in [1.82, 2.24) is 0 Å². The van der Waals surface area contributed by atoms with Gasteiger partial charge in [0.2, 0.25) is 0 Å². The molecule has 0 saturated heterocycles. The summed E-state index contributed by atoms with van der Waals surface area (Å²) in [6, 6.07) is 5.32. The zero-order chi connectivity index (χ0) is 14.6. The quantitative estimate of drug-likeness (QED) is 0.556. The lowest BCUT2D eigenvalue weighted by atomic mass is 9.93. The van der Waals surface area contributed by atoms with Crippen LogP contribution in [0.4, 0.5) is 0 Å². The highest BCUT2D eigenvalue weighted by atomic mass is 35.5. The lowest BCUT2D eigenvalue weighted by molar-refractivity contribution is -0.0869. The molecule has 4 nitrogen and oxygen atoms in total. The van der Waals surface area contributed by atoms with Crippen LogP contribution in [0.5, 0.6) is 0 Å². The molecule has 0 aromatic heterocycles. The highest BCUT2D eigenvalue weighted by molar-refractivity contribution is 7.09. The summed E-state index contributed by atoms with van der Waals surface area (Å²) >= 11 is 6.09. The van der Waals surface area contributed by atoms with Crippen LogP contribution in [-0.4, -0.2) is 22.5 Å². The van der Waals surface area contributed by atoms with Crippen LogP contribution >= 0.6 is 21.1 Å². The van der Waals surface area contributed by atoms with E-state index in [4.69, 9.17) is 32.1 Å². The summed E-state index contributed by atoms with van der Waals surface area (Å²) in [5.41, 5.74) is 7.87. The molecular weight excluding hydrogens is 285 g/mol. The SMILES string of the molecule is Cc1ccc(C(CC(N)C(C)C(O)O)OP)cc1Cl. The molecule has 1 rings (SSSR count). The molecule has 1 aromatic rings. The topological polar surface area (TPSA) is 75.7 Å². The average molecular weight is 306 g/mol. The summed E-state index contributed by atoms with van der Waals surface area (Å²) < 4.78 is 5.35. The molecule has 0 saturated carbocycles. The van der Waals surface area contributed by atoms with Gasteiger partial charge in [-0.2, -0.15) is 0 Å². The molecule has 4 atom stereocenters. The van der Waals surface area contributed by atoms with Gasteiger partial charge in [0.15, 0.2) is 6.29 Å². The summed E-state index contributed by atoms with van der Waals surface area (Å²) in [6.07, 6.45) is -1.21. The van der Waals surface area contributed by atoms with Gasteiger partial charge in [0, 0.05) is 26.4 Å². The third-order valence-corrected chi connectivity index (χ3v) is 4.10. The first-order valence-electron chi connectivity index (χ1n) is 6.10. The molecule has 0 radical (unpaired) electrons. The predicted molar refractivity (Wildman–Crippen MR) is 79.7 cm³/mol. The van der Waals surface area contributed by atoms with E-state index >= 15 is 0 Å². The lowest BCUT2D eigenvalue weighted by Crippen LogP contribution is -2.37. The number of hydrogen-bond donors (Lipinski definition) is 3. The number of hydrogen-bond acceptors (Lipinski definition) is 4. The molecule has 0 amide bonds. The molecule has 108 valence electrons. The number of benzene rings is 1. The van der Waals surface area contributed by atoms with E-state index in [0.717, 1.165) is 11.1 Å². The Hall–Kier alpha value is -0.220. The summed E-state index contributed by atoms with van der Waals surface area (Å²) in [7, 11) is 2.22. The maximum absolute atomic E-state index is 9.14. The lowest BCUT2D eigenvalue weighted by Gasteiger charge is -2.25. The van der Waals surface area contributed by atoms with Crippen LogP contribution in [-0.2, 0) is 4.52 Å². The normalized spacial score (nSPS) is 16.4. The van der Waals surface area contributed by atoms with Gasteiger partial charge < -0.3 is 20.5 Å². The van der Waals surface area contributed by atoms with E-state index < -0.39 is 12.2 Å². The molecule has 4 N–H and O–H groups in total. The zero-order valence-electron chi connectivity index (χ0n) is 11.1. The first-order valence-corrected chi connectivity index (χ1v) is 6.95. The van der Waals surface area contributed by atoms with Crippen molar-refractivity contribution in [1.29, 1.82) is 0 Å². The van der Waals surface area contributed by atoms with Crippen LogP contribution in [0, 0.1) is 12.8 Å². The summed E-state index contributed by atoms with van der Waals surface area (Å²) in [6.45, 7) is 3.62. The fourth-order valence-electron chi connectivity index (χ4n) is 1.76. The molecule has 0 heterocycles. The van der Waals surface area contributed by atoms with E-state index in [-0.39, 0.29) is 12.1 Å². The van der Waals surface area contributed by atoms with Gasteiger partial charge in [-0.1, -0.05) is 30.7 Å². The average Bonchev–Trinajstić information content (AvgIpc) is 2.37. The molecule has 4 unspecified atom stereocenters. The second-order valence-corrected chi connectivity index (χ2v) is 5.48. The minimum atomic E-state index is -1.43. The van der Waals surface area contributed by atoms with Gasteiger partial charge in [0.05, 0.1) is 6.10 Å². The van der Waals surface area contributed by atoms with Crippen molar-refractivity contribution in [2.45, 2.75) is 38.7 Å². The van der Waals surface area contributed by atoms with Gasteiger partial charge in [-0.3, -0.25) is 0 Å². The monoisotopic (exact) mass is 305 g/mol. The summed E-state index contributed by atoms with van der Waals surface area (Å²) in [4.78, 5) is 0. The van der Waals surface area contributed by atoms with Crippen molar-refractivity contribution in [2.24, 2.45) is 11.7 Å². The highest BCUT2D eigenvalue weighted by Crippen LogP contribution is 2.29. The molecule has 0 aliphatic heterocycles. The number of nitrogens with two attached hydrogens (primary N) is 1. The first-order chi connectivity index (χ1) is 8.86. The Morgan fingerprint density at radius 2 is 2.05 bits per heavy atom. The Bertz CT molecular complexity index is 417. The summed E-state index contributed by atoms with van der Waals surface area (Å²) in [5.74, 6) is -0.427. The molecule has 6 heteroatoms. The molecule has 0 bridgehead atoms. The van der Waals surface area contributed by atoms with Crippen molar-refractivity contribution < 1.29 is 14.7 Å². The van der Waals surface area contributed by atoms with Crippen LogP contribution in [0.2, 0.25) is 5.02 Å². The van der Waals surface area contributed by atoms with Crippen molar-refractivity contribution >= 4 is 21.1 Å². The molecule has 1 aromatic carbocycles.